The van der Waals surface area contributed by atoms with Crippen molar-refractivity contribution in [2.24, 2.45) is 5.92 Å². The lowest BCUT2D eigenvalue weighted by Crippen LogP contribution is -2.34. The highest BCUT2D eigenvalue weighted by Gasteiger charge is 2.28. The van der Waals surface area contributed by atoms with Gasteiger partial charge >= 0.3 is 5.69 Å². The second-order valence-corrected chi connectivity index (χ2v) is 7.03. The maximum absolute atomic E-state index is 11.7. The van der Waals surface area contributed by atoms with Crippen molar-refractivity contribution < 1.29 is 18.1 Å². The molecule has 122 valence electrons. The fourth-order valence-corrected chi connectivity index (χ4v) is 3.00. The first kappa shape index (κ1) is 17.9. The van der Waals surface area contributed by atoms with Crippen LogP contribution in [0.25, 0.3) is 0 Å². The van der Waals surface area contributed by atoms with Crippen LogP contribution in [0.3, 0.4) is 0 Å². The molecule has 0 radical (unpaired) electrons. The number of nitrogens with zero attached hydrogens (tertiary/aromatic N) is 2. The Morgan fingerprint density at radius 1 is 1.45 bits per heavy atom. The van der Waals surface area contributed by atoms with Crippen molar-refractivity contribution in [3.8, 4) is 0 Å². The van der Waals surface area contributed by atoms with Gasteiger partial charge in [0.25, 0.3) is 0 Å². The predicted octanol–water partition coefficient (Wildman–Crippen LogP) is 0.817. The van der Waals surface area contributed by atoms with Gasteiger partial charge in [0.1, 0.15) is 10.6 Å². The van der Waals surface area contributed by atoms with E-state index in [1.807, 2.05) is 0 Å². The molecule has 0 heterocycles. The molecule has 9 heteroatoms. The molecule has 1 unspecified atom stereocenters. The molecule has 1 aromatic carbocycles. The molecule has 1 amide bonds. The van der Waals surface area contributed by atoms with Gasteiger partial charge < -0.3 is 10.2 Å². The van der Waals surface area contributed by atoms with Crippen LogP contribution in [-0.2, 0) is 14.6 Å². The molecule has 0 bridgehead atoms. The van der Waals surface area contributed by atoms with Crippen LogP contribution in [0.2, 0.25) is 0 Å². The van der Waals surface area contributed by atoms with Crippen LogP contribution in [0.4, 0.5) is 11.4 Å². The number of para-hydroxylation sites is 1. The van der Waals surface area contributed by atoms with Crippen LogP contribution in [-0.4, -0.2) is 46.1 Å². The topological polar surface area (TPSA) is 110 Å². The summed E-state index contributed by atoms with van der Waals surface area (Å²) in [6.45, 7) is 1.90. The minimum atomic E-state index is -3.73. The van der Waals surface area contributed by atoms with Crippen LogP contribution in [0, 0.1) is 16.0 Å². The lowest BCUT2D eigenvalue weighted by atomic mass is 10.1. The number of anilines is 1. The maximum Gasteiger partial charge on any atom is 0.311 e. The number of nitrogens with one attached hydrogen (secondary N) is 1. The van der Waals surface area contributed by atoms with Crippen molar-refractivity contribution >= 4 is 27.1 Å². The highest BCUT2D eigenvalue weighted by molar-refractivity contribution is 7.90. The Labute approximate surface area is 129 Å². The summed E-state index contributed by atoms with van der Waals surface area (Å²) >= 11 is 0. The third kappa shape index (κ3) is 3.94. The summed E-state index contributed by atoms with van der Waals surface area (Å²) < 4.78 is 23.4. The molecular formula is C13H19N3O5S. The summed E-state index contributed by atoms with van der Waals surface area (Å²) in [5, 5.41) is 13.8. The van der Waals surface area contributed by atoms with E-state index in [4.69, 9.17) is 0 Å². The van der Waals surface area contributed by atoms with Gasteiger partial charge in [0.05, 0.1) is 10.8 Å². The highest BCUT2D eigenvalue weighted by atomic mass is 32.2. The molecule has 0 spiro atoms. The van der Waals surface area contributed by atoms with Gasteiger partial charge in [-0.1, -0.05) is 13.0 Å². The van der Waals surface area contributed by atoms with Gasteiger partial charge in [-0.2, -0.15) is 0 Å². The Morgan fingerprint density at radius 3 is 2.50 bits per heavy atom. The molecule has 0 aromatic heterocycles. The number of benzene rings is 1. The Kier molecular flexibility index (Phi) is 5.48. The molecule has 8 nitrogen and oxygen atoms in total. The number of hydrogen-bond donors (Lipinski definition) is 1. The summed E-state index contributed by atoms with van der Waals surface area (Å²) in [7, 11) is -0.649. The lowest BCUT2D eigenvalue weighted by molar-refractivity contribution is -0.387. The van der Waals surface area contributed by atoms with Crippen LogP contribution in [0.1, 0.15) is 6.92 Å². The molecular weight excluding hydrogens is 310 g/mol. The van der Waals surface area contributed by atoms with Crippen molar-refractivity contribution in [3.05, 3.63) is 28.3 Å². The molecule has 22 heavy (non-hydrogen) atoms. The first-order chi connectivity index (χ1) is 10.1. The fraction of sp³-hybridized carbons (Fsp3) is 0.462. The van der Waals surface area contributed by atoms with Gasteiger partial charge in [-0.05, 0) is 12.1 Å². The highest BCUT2D eigenvalue weighted by Crippen LogP contribution is 2.34. The van der Waals surface area contributed by atoms with E-state index in [1.165, 1.54) is 30.1 Å². The second-order valence-electron chi connectivity index (χ2n) is 5.05. The van der Waals surface area contributed by atoms with Crippen LogP contribution in [0.15, 0.2) is 23.1 Å². The number of nitro benzene ring substituents is 1. The SMILES string of the molecule is CNC(=O)C(C)CN(C)c1cccc(S(C)(=O)=O)c1[N+](=O)[O-]. The molecule has 0 aliphatic carbocycles. The number of rotatable bonds is 6. The molecule has 1 aromatic rings. The van der Waals surface area contributed by atoms with Crippen LogP contribution < -0.4 is 10.2 Å². The van der Waals surface area contributed by atoms with Crippen molar-refractivity contribution in [2.45, 2.75) is 11.8 Å². The van der Waals surface area contributed by atoms with E-state index in [-0.39, 0.29) is 23.0 Å². The number of carbonyl (C=O) groups is 1. The summed E-state index contributed by atoms with van der Waals surface area (Å²) in [4.78, 5) is 23.3. The molecule has 0 aliphatic rings. The average molecular weight is 329 g/mol. The van der Waals surface area contributed by atoms with Gasteiger partial charge in [-0.15, -0.1) is 0 Å². The Morgan fingerprint density at radius 2 is 2.05 bits per heavy atom. The molecule has 0 saturated heterocycles. The van der Waals surface area contributed by atoms with Crippen LogP contribution in [0.5, 0.6) is 0 Å². The minimum Gasteiger partial charge on any atom is -0.368 e. The van der Waals surface area contributed by atoms with Gasteiger partial charge in [-0.3, -0.25) is 14.9 Å². The Balaban J connectivity index is 3.30. The van der Waals surface area contributed by atoms with E-state index in [2.05, 4.69) is 5.32 Å². The quantitative estimate of drug-likeness (QED) is 0.611. The number of hydrogen-bond acceptors (Lipinski definition) is 6. The number of nitro groups is 1. The van der Waals surface area contributed by atoms with E-state index in [1.54, 1.807) is 14.0 Å². The number of sulfone groups is 1. The van der Waals surface area contributed by atoms with Gasteiger partial charge in [0, 0.05) is 26.9 Å². The standard InChI is InChI=1S/C13H19N3O5S/c1-9(13(17)14-2)8-15(3)10-6-5-7-11(22(4,20)21)12(10)16(18)19/h5-7,9H,8H2,1-4H3,(H,14,17). The molecule has 1 atom stereocenters. The predicted molar refractivity (Wildman–Crippen MR) is 82.7 cm³/mol. The van der Waals surface area contributed by atoms with Crippen molar-refractivity contribution in [2.75, 3.05) is 31.8 Å². The maximum atomic E-state index is 11.7. The van der Waals surface area contributed by atoms with E-state index in [0.717, 1.165) is 6.26 Å². The lowest BCUT2D eigenvalue weighted by Gasteiger charge is -2.23. The molecule has 0 aliphatic heterocycles. The van der Waals surface area contributed by atoms with Gasteiger partial charge in [-0.25, -0.2) is 8.42 Å². The molecule has 0 fully saturated rings. The van der Waals surface area contributed by atoms with E-state index < -0.39 is 26.4 Å². The van der Waals surface area contributed by atoms with Crippen molar-refractivity contribution in [3.63, 3.8) is 0 Å². The molecule has 1 rings (SSSR count). The average Bonchev–Trinajstić information content (AvgIpc) is 2.44. The number of amides is 1. The Hall–Kier alpha value is -2.16. The first-order valence-electron chi connectivity index (χ1n) is 6.49. The third-order valence-electron chi connectivity index (χ3n) is 3.21. The summed E-state index contributed by atoms with van der Waals surface area (Å²) in [5.41, 5.74) is -0.319. The van der Waals surface area contributed by atoms with E-state index >= 15 is 0 Å². The fourth-order valence-electron chi connectivity index (χ4n) is 2.14. The summed E-state index contributed by atoms with van der Waals surface area (Å²) in [5.74, 6) is -0.606. The largest absolute Gasteiger partial charge is 0.368 e. The van der Waals surface area contributed by atoms with Crippen LogP contribution >= 0.6 is 0 Å². The second kappa shape index (κ2) is 6.73. The zero-order chi connectivity index (χ0) is 17.1. The van der Waals surface area contributed by atoms with Crippen molar-refractivity contribution in [1.82, 2.24) is 5.32 Å². The van der Waals surface area contributed by atoms with Crippen molar-refractivity contribution in [1.29, 1.82) is 0 Å². The number of carbonyl (C=O) groups excluding carboxylic acids is 1. The minimum absolute atomic E-state index is 0.156. The molecule has 0 saturated carbocycles. The Bertz CT molecular complexity index is 687. The normalized spacial score (nSPS) is 12.5. The third-order valence-corrected chi connectivity index (χ3v) is 4.34. The first-order valence-corrected chi connectivity index (χ1v) is 8.39. The zero-order valence-electron chi connectivity index (χ0n) is 12.9. The zero-order valence-corrected chi connectivity index (χ0v) is 13.7. The van der Waals surface area contributed by atoms with E-state index in [9.17, 15) is 23.3 Å². The summed E-state index contributed by atoms with van der Waals surface area (Å²) in [6.07, 6.45) is 0.923. The molecule has 1 N–H and O–H groups in total. The monoisotopic (exact) mass is 329 g/mol. The van der Waals surface area contributed by atoms with Gasteiger partial charge in [0.2, 0.25) is 5.91 Å². The van der Waals surface area contributed by atoms with Gasteiger partial charge in [0.15, 0.2) is 9.84 Å². The summed E-state index contributed by atoms with van der Waals surface area (Å²) in [6, 6.07) is 4.11. The smallest absolute Gasteiger partial charge is 0.311 e. The van der Waals surface area contributed by atoms with E-state index in [0.29, 0.717) is 0 Å².